The van der Waals surface area contributed by atoms with E-state index in [1.165, 1.54) is 0 Å². The van der Waals surface area contributed by atoms with E-state index >= 15 is 0 Å². The molecule has 0 bridgehead atoms. The Labute approximate surface area is 125 Å². The maximum Gasteiger partial charge on any atom is 0.152 e. The average Bonchev–Trinajstić information content (AvgIpc) is 2.37. The van der Waals surface area contributed by atoms with Crippen molar-refractivity contribution in [2.75, 3.05) is 5.32 Å². The molecular formula is C14H14BrClN2O. The second kappa shape index (κ2) is 5.80. The van der Waals surface area contributed by atoms with E-state index in [1.54, 1.807) is 6.20 Å². The molecule has 3 nitrogen and oxygen atoms in total. The van der Waals surface area contributed by atoms with Crippen LogP contribution in [0.2, 0.25) is 5.15 Å². The van der Waals surface area contributed by atoms with Crippen molar-refractivity contribution in [3.05, 3.63) is 50.7 Å². The summed E-state index contributed by atoms with van der Waals surface area (Å²) in [6, 6.07) is 5.79. The number of aromatic nitrogens is 1. The lowest BCUT2D eigenvalue weighted by Crippen LogP contribution is -2.01. The minimum Gasteiger partial charge on any atom is -0.507 e. The van der Waals surface area contributed by atoms with Crippen LogP contribution in [-0.4, -0.2) is 10.1 Å². The monoisotopic (exact) mass is 340 g/mol. The van der Waals surface area contributed by atoms with E-state index < -0.39 is 0 Å². The molecule has 100 valence electrons. The van der Waals surface area contributed by atoms with Gasteiger partial charge in [-0.3, -0.25) is 0 Å². The van der Waals surface area contributed by atoms with Gasteiger partial charge in [-0.1, -0.05) is 23.7 Å². The molecular weight excluding hydrogens is 328 g/mol. The van der Waals surface area contributed by atoms with Crippen LogP contribution >= 0.6 is 27.5 Å². The van der Waals surface area contributed by atoms with Crippen LogP contribution < -0.4 is 5.32 Å². The van der Waals surface area contributed by atoms with Crippen LogP contribution in [0.1, 0.15) is 16.7 Å². The van der Waals surface area contributed by atoms with Crippen molar-refractivity contribution in [1.82, 2.24) is 4.98 Å². The van der Waals surface area contributed by atoms with E-state index in [1.807, 2.05) is 32.0 Å². The fraction of sp³-hybridized carbons (Fsp3) is 0.214. The number of aryl methyl sites for hydroxylation is 2. The van der Waals surface area contributed by atoms with E-state index in [2.05, 4.69) is 26.2 Å². The van der Waals surface area contributed by atoms with E-state index in [4.69, 9.17) is 11.6 Å². The van der Waals surface area contributed by atoms with Gasteiger partial charge in [0.25, 0.3) is 0 Å². The highest BCUT2D eigenvalue weighted by molar-refractivity contribution is 9.10. The topological polar surface area (TPSA) is 45.2 Å². The summed E-state index contributed by atoms with van der Waals surface area (Å²) in [4.78, 5) is 4.06. The number of hydrogen-bond acceptors (Lipinski definition) is 3. The number of anilines is 1. The van der Waals surface area contributed by atoms with Gasteiger partial charge >= 0.3 is 0 Å². The Morgan fingerprint density at radius 3 is 2.53 bits per heavy atom. The molecule has 0 amide bonds. The number of nitrogens with one attached hydrogen (secondary N) is 1. The number of hydrogen-bond donors (Lipinski definition) is 2. The van der Waals surface area contributed by atoms with Gasteiger partial charge in [-0.2, -0.15) is 0 Å². The fourth-order valence-corrected chi connectivity index (χ4v) is 2.39. The normalized spacial score (nSPS) is 10.5. The molecule has 2 rings (SSSR count). The Kier molecular flexibility index (Phi) is 4.32. The lowest BCUT2D eigenvalue weighted by molar-refractivity contribution is 0.466. The van der Waals surface area contributed by atoms with Gasteiger partial charge in [-0.25, -0.2) is 4.98 Å². The first-order valence-corrected chi connectivity index (χ1v) is 6.98. The first-order valence-electron chi connectivity index (χ1n) is 5.81. The SMILES string of the molecule is Cc1cc(CNc2cc(Br)cnc2Cl)cc(C)c1O. The molecule has 0 saturated heterocycles. The highest BCUT2D eigenvalue weighted by atomic mass is 79.9. The summed E-state index contributed by atoms with van der Waals surface area (Å²) in [6.45, 7) is 4.40. The largest absolute Gasteiger partial charge is 0.507 e. The fourth-order valence-electron chi connectivity index (χ4n) is 1.89. The van der Waals surface area contributed by atoms with Crippen molar-refractivity contribution < 1.29 is 5.11 Å². The number of aromatic hydroxyl groups is 1. The van der Waals surface area contributed by atoms with Gasteiger partial charge in [0.05, 0.1) is 5.69 Å². The minimum absolute atomic E-state index is 0.353. The quantitative estimate of drug-likeness (QED) is 0.812. The first kappa shape index (κ1) is 14.2. The third-order valence-corrected chi connectivity index (χ3v) is 3.57. The lowest BCUT2D eigenvalue weighted by atomic mass is 10.1. The molecule has 2 aromatic rings. The minimum atomic E-state index is 0.353. The van der Waals surface area contributed by atoms with E-state index in [9.17, 15) is 5.11 Å². The van der Waals surface area contributed by atoms with E-state index in [0.29, 0.717) is 17.4 Å². The summed E-state index contributed by atoms with van der Waals surface area (Å²) < 4.78 is 0.873. The zero-order chi connectivity index (χ0) is 14.0. The molecule has 0 radical (unpaired) electrons. The molecule has 2 N–H and O–H groups in total. The number of phenolic OH excluding ortho intramolecular Hbond substituents is 1. The van der Waals surface area contributed by atoms with Crippen molar-refractivity contribution in [3.8, 4) is 5.75 Å². The molecule has 1 aromatic carbocycles. The number of benzene rings is 1. The Balaban J connectivity index is 2.17. The Bertz CT molecular complexity index is 593. The van der Waals surface area contributed by atoms with Crippen LogP contribution in [0, 0.1) is 13.8 Å². The van der Waals surface area contributed by atoms with Crippen molar-refractivity contribution in [2.45, 2.75) is 20.4 Å². The summed E-state index contributed by atoms with van der Waals surface area (Å²) >= 11 is 9.38. The Morgan fingerprint density at radius 2 is 1.89 bits per heavy atom. The molecule has 0 spiro atoms. The van der Waals surface area contributed by atoms with Crippen LogP contribution in [0.3, 0.4) is 0 Å². The number of halogens is 2. The van der Waals surface area contributed by atoms with E-state index in [-0.39, 0.29) is 0 Å². The third kappa shape index (κ3) is 3.39. The van der Waals surface area contributed by atoms with Crippen LogP contribution in [0.25, 0.3) is 0 Å². The summed E-state index contributed by atoms with van der Waals surface area (Å²) in [5, 5.41) is 13.4. The third-order valence-electron chi connectivity index (χ3n) is 2.84. The molecule has 1 heterocycles. The summed E-state index contributed by atoms with van der Waals surface area (Å²) in [7, 11) is 0. The zero-order valence-electron chi connectivity index (χ0n) is 10.7. The molecule has 0 atom stereocenters. The molecule has 0 fully saturated rings. The van der Waals surface area contributed by atoms with Crippen molar-refractivity contribution in [3.63, 3.8) is 0 Å². The number of pyridine rings is 1. The van der Waals surface area contributed by atoms with Crippen LogP contribution in [-0.2, 0) is 6.54 Å². The predicted molar refractivity (Wildman–Crippen MR) is 81.9 cm³/mol. The standard InChI is InChI=1S/C14H14BrClN2O/c1-8-3-10(4-9(2)13(8)19)6-17-12-5-11(15)7-18-14(12)16/h3-5,7,17,19H,6H2,1-2H3. The van der Waals surface area contributed by atoms with Crippen LogP contribution in [0.4, 0.5) is 5.69 Å². The smallest absolute Gasteiger partial charge is 0.152 e. The predicted octanol–water partition coefficient (Wildman–Crippen LogP) is 4.43. The summed E-state index contributed by atoms with van der Waals surface area (Å²) in [5.41, 5.74) is 3.61. The van der Waals surface area contributed by atoms with Gasteiger partial charge in [-0.15, -0.1) is 0 Å². The first-order chi connectivity index (χ1) is 8.97. The van der Waals surface area contributed by atoms with Crippen molar-refractivity contribution in [2.24, 2.45) is 0 Å². The molecule has 1 aromatic heterocycles. The second-order valence-corrected chi connectivity index (χ2v) is 5.70. The van der Waals surface area contributed by atoms with Gasteiger partial charge in [0.1, 0.15) is 5.75 Å². The molecule has 0 unspecified atom stereocenters. The molecule has 19 heavy (non-hydrogen) atoms. The van der Waals surface area contributed by atoms with Crippen LogP contribution in [0.5, 0.6) is 5.75 Å². The maximum absolute atomic E-state index is 9.74. The van der Waals surface area contributed by atoms with Crippen molar-refractivity contribution in [1.29, 1.82) is 0 Å². The summed E-state index contributed by atoms with van der Waals surface area (Å²) in [5.74, 6) is 0.353. The average molecular weight is 342 g/mol. The highest BCUT2D eigenvalue weighted by Gasteiger charge is 2.05. The zero-order valence-corrected chi connectivity index (χ0v) is 13.0. The van der Waals surface area contributed by atoms with Gasteiger partial charge in [0.15, 0.2) is 5.15 Å². The van der Waals surface area contributed by atoms with Gasteiger partial charge in [0.2, 0.25) is 0 Å². The lowest BCUT2D eigenvalue weighted by Gasteiger charge is -2.11. The highest BCUT2D eigenvalue weighted by Crippen LogP contribution is 2.26. The van der Waals surface area contributed by atoms with Gasteiger partial charge in [0, 0.05) is 17.2 Å². The van der Waals surface area contributed by atoms with E-state index in [0.717, 1.165) is 26.9 Å². The molecule has 5 heteroatoms. The van der Waals surface area contributed by atoms with Gasteiger partial charge < -0.3 is 10.4 Å². The van der Waals surface area contributed by atoms with Crippen LogP contribution in [0.15, 0.2) is 28.9 Å². The number of phenols is 1. The molecule has 0 aliphatic heterocycles. The van der Waals surface area contributed by atoms with Gasteiger partial charge in [-0.05, 0) is 52.5 Å². The number of rotatable bonds is 3. The number of nitrogens with zero attached hydrogens (tertiary/aromatic N) is 1. The molecule has 0 aliphatic rings. The summed E-state index contributed by atoms with van der Waals surface area (Å²) in [6.07, 6.45) is 1.66. The second-order valence-electron chi connectivity index (χ2n) is 4.42. The molecule has 0 saturated carbocycles. The Morgan fingerprint density at radius 1 is 1.26 bits per heavy atom. The van der Waals surface area contributed by atoms with Crippen molar-refractivity contribution >= 4 is 33.2 Å². The molecule has 0 aliphatic carbocycles. The Hall–Kier alpha value is -1.26. The maximum atomic E-state index is 9.74.